The Balaban J connectivity index is 2.09. The molecule has 1 atom stereocenters. The van der Waals surface area contributed by atoms with Crippen molar-refractivity contribution in [1.82, 2.24) is 0 Å². The van der Waals surface area contributed by atoms with Gasteiger partial charge >= 0.3 is 0 Å². The van der Waals surface area contributed by atoms with Crippen LogP contribution in [0, 0.1) is 12.7 Å². The highest BCUT2D eigenvalue weighted by molar-refractivity contribution is 5.47. The molecule has 1 nitrogen and oxygen atoms in total. The van der Waals surface area contributed by atoms with Crippen LogP contribution in [0.4, 0.5) is 10.1 Å². The van der Waals surface area contributed by atoms with Crippen LogP contribution in [0.25, 0.3) is 0 Å². The first kappa shape index (κ1) is 10.2. The predicted molar refractivity (Wildman–Crippen MR) is 61.5 cm³/mol. The number of hydrogen-bond acceptors (Lipinski definition) is 1. The maximum Gasteiger partial charge on any atom is 0.125 e. The van der Waals surface area contributed by atoms with E-state index in [2.05, 4.69) is 17.5 Å². The topological polar surface area (TPSA) is 12.0 Å². The van der Waals surface area contributed by atoms with Crippen LogP contribution in [-0.4, -0.2) is 6.04 Å². The molecule has 1 unspecified atom stereocenters. The number of benzene rings is 1. The van der Waals surface area contributed by atoms with E-state index in [-0.39, 0.29) is 5.82 Å². The summed E-state index contributed by atoms with van der Waals surface area (Å²) >= 11 is 0. The van der Waals surface area contributed by atoms with Crippen molar-refractivity contribution in [3.8, 4) is 0 Å². The molecule has 0 saturated carbocycles. The molecule has 0 heterocycles. The minimum Gasteiger partial charge on any atom is -0.379 e. The van der Waals surface area contributed by atoms with Gasteiger partial charge in [-0.25, -0.2) is 4.39 Å². The van der Waals surface area contributed by atoms with Crippen molar-refractivity contribution in [2.45, 2.75) is 32.2 Å². The van der Waals surface area contributed by atoms with Gasteiger partial charge in [0.25, 0.3) is 0 Å². The summed E-state index contributed by atoms with van der Waals surface area (Å²) in [6.07, 6.45) is 7.87. The molecule has 1 N–H and O–H groups in total. The van der Waals surface area contributed by atoms with E-state index in [9.17, 15) is 4.39 Å². The average Bonchev–Trinajstić information content (AvgIpc) is 2.17. The molecule has 0 bridgehead atoms. The molecule has 15 heavy (non-hydrogen) atoms. The highest BCUT2D eigenvalue weighted by Gasteiger charge is 2.08. The Hall–Kier alpha value is -1.31. The summed E-state index contributed by atoms with van der Waals surface area (Å²) in [4.78, 5) is 0. The molecule has 0 aromatic heterocycles. The second kappa shape index (κ2) is 4.47. The maximum absolute atomic E-state index is 13.1. The van der Waals surface area contributed by atoms with Gasteiger partial charge in [-0.2, -0.15) is 0 Å². The van der Waals surface area contributed by atoms with Crippen LogP contribution in [0.3, 0.4) is 0 Å². The van der Waals surface area contributed by atoms with Gasteiger partial charge in [0.1, 0.15) is 5.82 Å². The number of anilines is 1. The standard InChI is InChI=1S/C13H16FN/c1-10-7-11(14)9-13(8-10)15-12-5-3-2-4-6-12/h3,5,7-9,12,15H,2,4,6H2,1H3. The smallest absolute Gasteiger partial charge is 0.125 e. The summed E-state index contributed by atoms with van der Waals surface area (Å²) in [5, 5.41) is 3.34. The van der Waals surface area contributed by atoms with Crippen molar-refractivity contribution >= 4 is 5.69 Å². The molecule has 0 saturated heterocycles. The summed E-state index contributed by atoms with van der Waals surface area (Å²) < 4.78 is 13.1. The molecule has 80 valence electrons. The zero-order valence-corrected chi connectivity index (χ0v) is 8.96. The zero-order chi connectivity index (χ0) is 10.7. The van der Waals surface area contributed by atoms with E-state index in [0.717, 1.165) is 17.7 Å². The van der Waals surface area contributed by atoms with Crippen molar-refractivity contribution in [3.05, 3.63) is 41.7 Å². The van der Waals surface area contributed by atoms with Gasteiger partial charge in [0.2, 0.25) is 0 Å². The van der Waals surface area contributed by atoms with Gasteiger partial charge in [0.15, 0.2) is 0 Å². The van der Waals surface area contributed by atoms with Crippen molar-refractivity contribution in [2.24, 2.45) is 0 Å². The first-order valence-corrected chi connectivity index (χ1v) is 5.44. The molecule has 1 aliphatic rings. The predicted octanol–water partition coefficient (Wildman–Crippen LogP) is 3.65. The monoisotopic (exact) mass is 205 g/mol. The van der Waals surface area contributed by atoms with Gasteiger partial charge in [0.05, 0.1) is 0 Å². The Bertz CT molecular complexity index is 351. The molecule has 1 aromatic rings. The number of allylic oxidation sites excluding steroid dienone is 1. The summed E-state index contributed by atoms with van der Waals surface area (Å²) in [6.45, 7) is 1.91. The third-order valence-corrected chi connectivity index (χ3v) is 2.65. The Morgan fingerprint density at radius 1 is 1.33 bits per heavy atom. The van der Waals surface area contributed by atoms with Gasteiger partial charge in [-0.15, -0.1) is 0 Å². The average molecular weight is 205 g/mol. The second-order valence-electron chi connectivity index (χ2n) is 4.13. The Morgan fingerprint density at radius 2 is 2.20 bits per heavy atom. The van der Waals surface area contributed by atoms with E-state index in [0.29, 0.717) is 6.04 Å². The summed E-state index contributed by atoms with van der Waals surface area (Å²) in [5.74, 6) is -0.169. The Morgan fingerprint density at radius 3 is 2.87 bits per heavy atom. The second-order valence-corrected chi connectivity index (χ2v) is 4.13. The molecular weight excluding hydrogens is 189 g/mol. The van der Waals surface area contributed by atoms with Gasteiger partial charge < -0.3 is 5.32 Å². The summed E-state index contributed by atoms with van der Waals surface area (Å²) in [6, 6.07) is 5.43. The quantitative estimate of drug-likeness (QED) is 0.726. The zero-order valence-electron chi connectivity index (χ0n) is 8.96. The van der Waals surface area contributed by atoms with E-state index in [1.807, 2.05) is 13.0 Å². The van der Waals surface area contributed by atoms with Gasteiger partial charge in [0, 0.05) is 11.7 Å². The first-order valence-electron chi connectivity index (χ1n) is 5.44. The van der Waals surface area contributed by atoms with Crippen molar-refractivity contribution in [2.75, 3.05) is 5.32 Å². The molecule has 0 fully saturated rings. The lowest BCUT2D eigenvalue weighted by atomic mass is 10.0. The Labute approximate surface area is 90.0 Å². The molecule has 0 spiro atoms. The number of hydrogen-bond donors (Lipinski definition) is 1. The van der Waals surface area contributed by atoms with Crippen LogP contribution in [-0.2, 0) is 0 Å². The lowest BCUT2D eigenvalue weighted by Gasteiger charge is -2.19. The molecule has 0 amide bonds. The third-order valence-electron chi connectivity index (χ3n) is 2.65. The van der Waals surface area contributed by atoms with Gasteiger partial charge in [-0.3, -0.25) is 0 Å². The lowest BCUT2D eigenvalue weighted by Crippen LogP contribution is -2.18. The molecular formula is C13H16FN. The van der Waals surface area contributed by atoms with Crippen LogP contribution < -0.4 is 5.32 Å². The van der Waals surface area contributed by atoms with Crippen LogP contribution in [0.15, 0.2) is 30.4 Å². The number of nitrogens with one attached hydrogen (secondary N) is 1. The fourth-order valence-electron chi connectivity index (χ4n) is 1.97. The minimum absolute atomic E-state index is 0.169. The number of halogens is 1. The summed E-state index contributed by atoms with van der Waals surface area (Å²) in [5.41, 5.74) is 1.83. The van der Waals surface area contributed by atoms with Crippen LogP contribution in [0.1, 0.15) is 24.8 Å². The highest BCUT2D eigenvalue weighted by atomic mass is 19.1. The molecule has 1 aliphatic carbocycles. The minimum atomic E-state index is -0.169. The van der Waals surface area contributed by atoms with E-state index in [4.69, 9.17) is 0 Å². The molecule has 0 radical (unpaired) electrons. The van der Waals surface area contributed by atoms with Crippen LogP contribution >= 0.6 is 0 Å². The molecule has 2 heteroatoms. The lowest BCUT2D eigenvalue weighted by molar-refractivity contribution is 0.625. The van der Waals surface area contributed by atoms with E-state index in [1.165, 1.54) is 12.8 Å². The van der Waals surface area contributed by atoms with Gasteiger partial charge in [-0.05, 0) is 49.9 Å². The van der Waals surface area contributed by atoms with E-state index < -0.39 is 0 Å². The fraction of sp³-hybridized carbons (Fsp3) is 0.385. The largest absolute Gasteiger partial charge is 0.379 e. The number of aryl methyl sites for hydroxylation is 1. The van der Waals surface area contributed by atoms with Gasteiger partial charge in [-0.1, -0.05) is 12.2 Å². The van der Waals surface area contributed by atoms with Crippen molar-refractivity contribution in [1.29, 1.82) is 0 Å². The number of rotatable bonds is 2. The van der Waals surface area contributed by atoms with E-state index >= 15 is 0 Å². The van der Waals surface area contributed by atoms with Crippen LogP contribution in [0.2, 0.25) is 0 Å². The van der Waals surface area contributed by atoms with E-state index in [1.54, 1.807) is 12.1 Å². The molecule has 0 aliphatic heterocycles. The fourth-order valence-corrected chi connectivity index (χ4v) is 1.97. The SMILES string of the molecule is Cc1cc(F)cc(NC2C=CCCC2)c1. The normalized spacial score (nSPS) is 20.3. The molecule has 1 aromatic carbocycles. The molecule has 2 rings (SSSR count). The van der Waals surface area contributed by atoms with Crippen LogP contribution in [0.5, 0.6) is 0 Å². The van der Waals surface area contributed by atoms with Crippen molar-refractivity contribution < 1.29 is 4.39 Å². The summed E-state index contributed by atoms with van der Waals surface area (Å²) in [7, 11) is 0. The third kappa shape index (κ3) is 2.82. The first-order chi connectivity index (χ1) is 7.24. The van der Waals surface area contributed by atoms with Crippen molar-refractivity contribution in [3.63, 3.8) is 0 Å². The highest BCUT2D eigenvalue weighted by Crippen LogP contribution is 2.18. The maximum atomic E-state index is 13.1. The Kier molecular flexibility index (Phi) is 3.05.